The van der Waals surface area contributed by atoms with Gasteiger partial charge < -0.3 is 4.74 Å². The van der Waals surface area contributed by atoms with Gasteiger partial charge in [0.25, 0.3) is 5.92 Å². The van der Waals surface area contributed by atoms with Gasteiger partial charge in [-0.25, -0.2) is 17.6 Å². The minimum Gasteiger partial charge on any atom is -0.483 e. The molecule has 8 heteroatoms. The molecule has 2 aromatic rings. The summed E-state index contributed by atoms with van der Waals surface area (Å²) in [4.78, 5) is 16.2. The van der Waals surface area contributed by atoms with Crippen molar-refractivity contribution in [1.29, 1.82) is 0 Å². The van der Waals surface area contributed by atoms with Crippen molar-refractivity contribution in [2.45, 2.75) is 38.5 Å². The Labute approximate surface area is 176 Å². The van der Waals surface area contributed by atoms with Crippen LogP contribution in [0.3, 0.4) is 0 Å². The summed E-state index contributed by atoms with van der Waals surface area (Å²) >= 11 is 5.89. The Balaban J connectivity index is 0.00000101. The minimum atomic E-state index is -2.86. The number of benzene rings is 2. The fourth-order valence-electron chi connectivity index (χ4n) is 3.24. The van der Waals surface area contributed by atoms with Gasteiger partial charge in [0.1, 0.15) is 6.61 Å². The second-order valence-corrected chi connectivity index (χ2v) is 7.17. The third-order valence-electron chi connectivity index (χ3n) is 4.69. The van der Waals surface area contributed by atoms with E-state index in [9.17, 15) is 17.6 Å². The van der Waals surface area contributed by atoms with Crippen molar-refractivity contribution < 1.29 is 31.9 Å². The smallest absolute Gasteiger partial charge is 0.373 e. The molecule has 0 bridgehead atoms. The van der Waals surface area contributed by atoms with Gasteiger partial charge in [-0.1, -0.05) is 30.7 Å². The Morgan fingerprint density at radius 3 is 2.20 bits per heavy atom. The van der Waals surface area contributed by atoms with E-state index in [1.165, 1.54) is 12.1 Å². The zero-order valence-corrected chi connectivity index (χ0v) is 16.9. The quantitative estimate of drug-likeness (QED) is 0.514. The number of halogens is 5. The fourth-order valence-corrected chi connectivity index (χ4v) is 3.37. The van der Waals surface area contributed by atoms with Crippen molar-refractivity contribution in [3.63, 3.8) is 0 Å². The SMILES string of the molecule is CCc1cc(F)c(OCC2=C(c3ccc(Cl)cc3)CCC(F)(F)C2)c(F)c1.O=C=O. The van der Waals surface area contributed by atoms with Gasteiger partial charge in [0.15, 0.2) is 17.4 Å². The van der Waals surface area contributed by atoms with E-state index in [4.69, 9.17) is 25.9 Å². The lowest BCUT2D eigenvalue weighted by Gasteiger charge is -2.27. The van der Waals surface area contributed by atoms with Gasteiger partial charge in [0, 0.05) is 17.9 Å². The summed E-state index contributed by atoms with van der Waals surface area (Å²) in [5.74, 6) is -5.06. The first kappa shape index (κ1) is 23.6. The number of alkyl halides is 2. The first-order valence-corrected chi connectivity index (χ1v) is 9.53. The Morgan fingerprint density at radius 1 is 1.10 bits per heavy atom. The maximum atomic E-state index is 14.1. The molecule has 0 heterocycles. The summed E-state index contributed by atoms with van der Waals surface area (Å²) in [6, 6.07) is 9.25. The molecular weight excluding hydrogens is 424 g/mol. The molecule has 1 aliphatic rings. The van der Waals surface area contributed by atoms with E-state index >= 15 is 0 Å². The fraction of sp³-hybridized carbons (Fsp3) is 0.318. The summed E-state index contributed by atoms with van der Waals surface area (Å²) in [6.45, 7) is 1.48. The zero-order valence-electron chi connectivity index (χ0n) is 16.1. The van der Waals surface area contributed by atoms with E-state index < -0.39 is 29.7 Å². The molecular formula is C22H19ClF4O3. The van der Waals surface area contributed by atoms with E-state index in [-0.39, 0.29) is 25.6 Å². The summed E-state index contributed by atoms with van der Waals surface area (Å²) < 4.78 is 61.4. The summed E-state index contributed by atoms with van der Waals surface area (Å²) in [5, 5.41) is 0.540. The highest BCUT2D eigenvalue weighted by Gasteiger charge is 2.36. The lowest BCUT2D eigenvalue weighted by atomic mass is 9.85. The van der Waals surface area contributed by atoms with Crippen molar-refractivity contribution in [1.82, 2.24) is 0 Å². The highest BCUT2D eigenvalue weighted by molar-refractivity contribution is 6.30. The molecule has 3 nitrogen and oxygen atoms in total. The molecule has 30 heavy (non-hydrogen) atoms. The number of hydrogen-bond acceptors (Lipinski definition) is 3. The van der Waals surface area contributed by atoms with Gasteiger partial charge in [0.2, 0.25) is 0 Å². The minimum absolute atomic E-state index is 0.160. The van der Waals surface area contributed by atoms with Gasteiger partial charge in [-0.05, 0) is 59.4 Å². The van der Waals surface area contributed by atoms with Crippen LogP contribution >= 0.6 is 11.6 Å². The van der Waals surface area contributed by atoms with Crippen molar-refractivity contribution in [2.24, 2.45) is 0 Å². The lowest BCUT2D eigenvalue weighted by molar-refractivity contribution is -0.191. The highest BCUT2D eigenvalue weighted by atomic mass is 35.5. The lowest BCUT2D eigenvalue weighted by Crippen LogP contribution is -2.24. The maximum Gasteiger partial charge on any atom is 0.373 e. The second kappa shape index (κ2) is 10.4. The number of ether oxygens (including phenoxy) is 1. The van der Waals surface area contributed by atoms with Crippen LogP contribution in [0.2, 0.25) is 5.02 Å². The largest absolute Gasteiger partial charge is 0.483 e. The Hall–Kier alpha value is -2.63. The van der Waals surface area contributed by atoms with Crippen molar-refractivity contribution in [2.75, 3.05) is 6.61 Å². The van der Waals surface area contributed by atoms with Crippen LogP contribution in [0.25, 0.3) is 5.57 Å². The molecule has 0 saturated heterocycles. The first-order chi connectivity index (χ1) is 14.2. The standard InChI is InChI=1S/C21H19ClF4O.CO2/c1-2-13-9-18(23)20(19(24)10-13)27-12-15-11-21(25,26)8-7-17(15)14-3-5-16(22)6-4-14;2-1-3/h3-6,9-10H,2,7-8,11-12H2,1H3;. The van der Waals surface area contributed by atoms with E-state index in [0.717, 1.165) is 5.56 Å². The predicted octanol–water partition coefficient (Wildman–Crippen LogP) is 6.25. The van der Waals surface area contributed by atoms with E-state index in [1.54, 1.807) is 31.2 Å². The molecule has 0 atom stereocenters. The topological polar surface area (TPSA) is 43.4 Å². The molecule has 0 saturated carbocycles. The maximum absolute atomic E-state index is 14.1. The molecule has 0 spiro atoms. The van der Waals surface area contributed by atoms with Crippen molar-refractivity contribution >= 4 is 23.3 Å². The summed E-state index contributed by atoms with van der Waals surface area (Å²) in [6.07, 6.45) is 0.114. The monoisotopic (exact) mass is 442 g/mol. The van der Waals surface area contributed by atoms with Crippen LogP contribution in [0.5, 0.6) is 5.75 Å². The molecule has 0 radical (unpaired) electrons. The number of rotatable bonds is 5. The molecule has 0 amide bonds. The molecule has 0 N–H and O–H groups in total. The van der Waals surface area contributed by atoms with Crippen LogP contribution in [-0.4, -0.2) is 18.7 Å². The van der Waals surface area contributed by atoms with Gasteiger partial charge in [-0.15, -0.1) is 0 Å². The van der Waals surface area contributed by atoms with E-state index in [1.807, 2.05) is 0 Å². The van der Waals surface area contributed by atoms with Crippen LogP contribution in [0.1, 0.15) is 37.3 Å². The average Bonchev–Trinajstić information content (AvgIpc) is 2.68. The number of aryl methyl sites for hydroxylation is 1. The molecule has 0 unspecified atom stereocenters. The van der Waals surface area contributed by atoms with Crippen molar-refractivity contribution in [3.05, 3.63) is 69.8 Å². The summed E-state index contributed by atoms with van der Waals surface area (Å²) in [5.41, 5.74) is 2.31. The van der Waals surface area contributed by atoms with Crippen LogP contribution in [0.4, 0.5) is 17.6 Å². The predicted molar refractivity (Wildman–Crippen MR) is 103 cm³/mol. The van der Waals surface area contributed by atoms with E-state index in [2.05, 4.69) is 0 Å². The number of carbonyl (C=O) groups excluding carboxylic acids is 2. The van der Waals surface area contributed by atoms with Gasteiger partial charge >= 0.3 is 6.15 Å². The Kier molecular flexibility index (Phi) is 8.21. The van der Waals surface area contributed by atoms with Gasteiger partial charge in [-0.3, -0.25) is 0 Å². The van der Waals surface area contributed by atoms with Crippen LogP contribution in [0.15, 0.2) is 42.0 Å². The molecule has 3 rings (SSSR count). The highest BCUT2D eigenvalue weighted by Crippen LogP contribution is 2.41. The second-order valence-electron chi connectivity index (χ2n) is 6.74. The molecule has 160 valence electrons. The molecule has 1 aliphatic carbocycles. The number of hydrogen-bond donors (Lipinski definition) is 0. The third kappa shape index (κ3) is 6.18. The molecule has 0 aromatic heterocycles. The third-order valence-corrected chi connectivity index (χ3v) is 4.94. The normalized spacial score (nSPS) is 15.1. The first-order valence-electron chi connectivity index (χ1n) is 9.15. The average molecular weight is 443 g/mol. The van der Waals surface area contributed by atoms with Crippen LogP contribution in [-0.2, 0) is 16.0 Å². The van der Waals surface area contributed by atoms with Crippen LogP contribution in [0, 0.1) is 11.6 Å². The molecule has 0 aliphatic heterocycles. The zero-order chi connectivity index (χ0) is 22.3. The Morgan fingerprint density at radius 2 is 1.67 bits per heavy atom. The summed E-state index contributed by atoms with van der Waals surface area (Å²) in [7, 11) is 0. The van der Waals surface area contributed by atoms with Gasteiger partial charge in [-0.2, -0.15) is 9.59 Å². The van der Waals surface area contributed by atoms with E-state index in [0.29, 0.717) is 28.2 Å². The van der Waals surface area contributed by atoms with Crippen LogP contribution < -0.4 is 4.74 Å². The molecule has 0 fully saturated rings. The molecule has 2 aromatic carbocycles. The van der Waals surface area contributed by atoms with Gasteiger partial charge in [0.05, 0.1) is 0 Å². The number of allylic oxidation sites excluding steroid dienone is 1. The Bertz CT molecular complexity index is 926. The van der Waals surface area contributed by atoms with Crippen molar-refractivity contribution in [3.8, 4) is 5.75 Å².